The van der Waals surface area contributed by atoms with E-state index < -0.39 is 14.9 Å². The number of nitrogens with zero attached hydrogens (tertiary/aromatic N) is 3. The summed E-state index contributed by atoms with van der Waals surface area (Å²) >= 11 is 0. The molecule has 9 heteroatoms. The summed E-state index contributed by atoms with van der Waals surface area (Å²) in [6.45, 7) is 0.853. The van der Waals surface area contributed by atoms with Gasteiger partial charge in [-0.1, -0.05) is 0 Å². The van der Waals surface area contributed by atoms with Gasteiger partial charge in [0.05, 0.1) is 15.8 Å². The number of nitro groups is 1. The van der Waals surface area contributed by atoms with Gasteiger partial charge in [0.2, 0.25) is 10.0 Å². The van der Waals surface area contributed by atoms with Gasteiger partial charge in [0.25, 0.3) is 5.69 Å². The van der Waals surface area contributed by atoms with Gasteiger partial charge in [-0.25, -0.2) is 8.42 Å². The lowest BCUT2D eigenvalue weighted by Gasteiger charge is -2.19. The highest BCUT2D eigenvalue weighted by atomic mass is 32.2. The number of nitro benzene ring substituents is 1. The number of rotatable bonds is 3. The number of hydrogen-bond donors (Lipinski definition) is 1. The van der Waals surface area contributed by atoms with Crippen LogP contribution in [0.25, 0.3) is 10.9 Å². The molecule has 8 nitrogen and oxygen atoms in total. The molecule has 0 radical (unpaired) electrons. The van der Waals surface area contributed by atoms with E-state index in [0.29, 0.717) is 19.0 Å². The summed E-state index contributed by atoms with van der Waals surface area (Å²) in [6, 6.07) is 5.65. The zero-order valence-electron chi connectivity index (χ0n) is 13.4. The van der Waals surface area contributed by atoms with Gasteiger partial charge in [0, 0.05) is 31.4 Å². The monoisotopic (exact) mass is 362 g/mol. The maximum absolute atomic E-state index is 13.1. The van der Waals surface area contributed by atoms with Gasteiger partial charge in [-0.3, -0.25) is 15.1 Å². The highest BCUT2D eigenvalue weighted by molar-refractivity contribution is 7.89. The Morgan fingerprint density at radius 1 is 1.24 bits per heavy atom. The average molecular weight is 362 g/mol. The first-order valence-electron chi connectivity index (χ1n) is 8.17. The fourth-order valence-electron chi connectivity index (χ4n) is 4.10. The van der Waals surface area contributed by atoms with E-state index in [1.54, 1.807) is 6.07 Å². The zero-order chi connectivity index (χ0) is 17.8. The molecule has 1 saturated heterocycles. The molecule has 1 saturated carbocycles. The average Bonchev–Trinajstić information content (AvgIpc) is 3.16. The molecule has 2 aromatic rings. The van der Waals surface area contributed by atoms with E-state index in [1.807, 2.05) is 0 Å². The lowest BCUT2D eigenvalue weighted by atomic mass is 9.98. The quantitative estimate of drug-likeness (QED) is 0.653. The molecule has 2 fully saturated rings. The van der Waals surface area contributed by atoms with E-state index in [4.69, 9.17) is 5.73 Å². The van der Waals surface area contributed by atoms with Crippen LogP contribution in [0.2, 0.25) is 0 Å². The van der Waals surface area contributed by atoms with Crippen molar-refractivity contribution in [2.24, 2.45) is 17.6 Å². The Morgan fingerprint density at radius 2 is 2.04 bits per heavy atom. The zero-order valence-corrected chi connectivity index (χ0v) is 14.2. The Balaban J connectivity index is 1.79. The van der Waals surface area contributed by atoms with Crippen LogP contribution in [-0.2, 0) is 10.0 Å². The Morgan fingerprint density at radius 3 is 2.76 bits per heavy atom. The number of hydrogen-bond acceptors (Lipinski definition) is 6. The van der Waals surface area contributed by atoms with Gasteiger partial charge < -0.3 is 5.73 Å². The number of aromatic nitrogens is 1. The van der Waals surface area contributed by atoms with Gasteiger partial charge in [0.15, 0.2) is 0 Å². The van der Waals surface area contributed by atoms with Gasteiger partial charge >= 0.3 is 0 Å². The first-order chi connectivity index (χ1) is 11.9. The minimum atomic E-state index is -3.78. The Bertz CT molecular complexity index is 962. The van der Waals surface area contributed by atoms with Gasteiger partial charge in [0.1, 0.15) is 4.90 Å². The highest BCUT2D eigenvalue weighted by Gasteiger charge is 2.45. The van der Waals surface area contributed by atoms with E-state index in [-0.39, 0.29) is 33.4 Å². The molecule has 132 valence electrons. The topological polar surface area (TPSA) is 119 Å². The van der Waals surface area contributed by atoms with Crippen LogP contribution in [-0.4, -0.2) is 41.8 Å². The summed E-state index contributed by atoms with van der Waals surface area (Å²) in [5.41, 5.74) is 6.09. The molecule has 0 amide bonds. The lowest BCUT2D eigenvalue weighted by molar-refractivity contribution is -0.383. The molecule has 1 aromatic carbocycles. The van der Waals surface area contributed by atoms with Gasteiger partial charge in [-0.2, -0.15) is 4.31 Å². The Kier molecular flexibility index (Phi) is 3.75. The SMILES string of the molecule is NC1CCC2CN(S(=O)(=O)c3ccc([N+](=O)[O-])c4cccnc34)CC12. The summed E-state index contributed by atoms with van der Waals surface area (Å²) in [5.74, 6) is 0.481. The van der Waals surface area contributed by atoms with Crippen LogP contribution in [0.1, 0.15) is 12.8 Å². The highest BCUT2D eigenvalue weighted by Crippen LogP contribution is 2.40. The summed E-state index contributed by atoms with van der Waals surface area (Å²) in [6.07, 6.45) is 3.32. The molecule has 1 aromatic heterocycles. The molecule has 1 aliphatic carbocycles. The molecular weight excluding hydrogens is 344 g/mol. The second kappa shape index (κ2) is 5.72. The van der Waals surface area contributed by atoms with Crippen molar-refractivity contribution in [3.8, 4) is 0 Å². The molecule has 1 aliphatic heterocycles. The third-order valence-electron chi connectivity index (χ3n) is 5.40. The van der Waals surface area contributed by atoms with Crippen molar-refractivity contribution in [3.63, 3.8) is 0 Å². The Labute approximate surface area is 144 Å². The number of sulfonamides is 1. The van der Waals surface area contributed by atoms with Crippen LogP contribution < -0.4 is 5.73 Å². The van der Waals surface area contributed by atoms with Crippen molar-refractivity contribution in [2.75, 3.05) is 13.1 Å². The lowest BCUT2D eigenvalue weighted by Crippen LogP contribution is -2.33. The minimum Gasteiger partial charge on any atom is -0.327 e. The molecule has 3 atom stereocenters. The fourth-order valence-corrected chi connectivity index (χ4v) is 5.78. The number of fused-ring (bicyclic) bond motifs is 2. The first-order valence-corrected chi connectivity index (χ1v) is 9.61. The summed E-state index contributed by atoms with van der Waals surface area (Å²) in [5, 5.41) is 11.4. The van der Waals surface area contributed by atoms with Crippen LogP contribution >= 0.6 is 0 Å². The van der Waals surface area contributed by atoms with Crippen LogP contribution in [0.5, 0.6) is 0 Å². The van der Waals surface area contributed by atoms with E-state index in [1.165, 1.54) is 28.7 Å². The van der Waals surface area contributed by atoms with E-state index in [2.05, 4.69) is 4.98 Å². The number of pyridine rings is 1. The van der Waals surface area contributed by atoms with Crippen molar-refractivity contribution < 1.29 is 13.3 Å². The van der Waals surface area contributed by atoms with E-state index in [9.17, 15) is 18.5 Å². The van der Waals surface area contributed by atoms with E-state index in [0.717, 1.165) is 12.8 Å². The molecule has 3 unspecified atom stereocenters. The number of non-ortho nitro benzene ring substituents is 1. The third-order valence-corrected chi connectivity index (χ3v) is 7.27. The molecule has 4 rings (SSSR count). The maximum Gasteiger partial charge on any atom is 0.278 e. The van der Waals surface area contributed by atoms with E-state index >= 15 is 0 Å². The fraction of sp³-hybridized carbons (Fsp3) is 0.438. The van der Waals surface area contributed by atoms with Crippen LogP contribution in [0.4, 0.5) is 5.69 Å². The first kappa shape index (κ1) is 16.4. The molecule has 0 bridgehead atoms. The third kappa shape index (κ3) is 2.50. The number of nitrogens with two attached hydrogens (primary N) is 1. The summed E-state index contributed by atoms with van der Waals surface area (Å²) < 4.78 is 27.7. The van der Waals surface area contributed by atoms with Crippen molar-refractivity contribution in [1.82, 2.24) is 9.29 Å². The largest absolute Gasteiger partial charge is 0.327 e. The molecular formula is C16H18N4O4S. The Hall–Kier alpha value is -2.10. The minimum absolute atomic E-state index is 0.0160. The normalized spacial score (nSPS) is 26.8. The van der Waals surface area contributed by atoms with Crippen LogP contribution in [0.3, 0.4) is 0 Å². The van der Waals surface area contributed by atoms with Crippen LogP contribution in [0, 0.1) is 22.0 Å². The maximum atomic E-state index is 13.1. The molecule has 2 N–H and O–H groups in total. The van der Waals surface area contributed by atoms with Crippen molar-refractivity contribution in [1.29, 1.82) is 0 Å². The standard InChI is InChI=1S/C16H18N4O4S/c17-13-4-3-10-8-19(9-12(10)13)25(23,24)15-6-5-14(20(21)22)11-2-1-7-18-16(11)15/h1-2,5-7,10,12-13H,3-4,8-9,17H2. The smallest absolute Gasteiger partial charge is 0.278 e. The van der Waals surface area contributed by atoms with Gasteiger partial charge in [-0.15, -0.1) is 0 Å². The van der Waals surface area contributed by atoms with Crippen molar-refractivity contribution in [3.05, 3.63) is 40.6 Å². The predicted molar refractivity (Wildman–Crippen MR) is 91.3 cm³/mol. The summed E-state index contributed by atoms with van der Waals surface area (Å²) in [4.78, 5) is 14.8. The summed E-state index contributed by atoms with van der Waals surface area (Å²) in [7, 11) is -3.78. The van der Waals surface area contributed by atoms with Gasteiger partial charge in [-0.05, 0) is 42.9 Å². The number of benzene rings is 1. The second-order valence-electron chi connectivity index (χ2n) is 6.73. The molecule has 2 aliphatic rings. The predicted octanol–water partition coefficient (Wildman–Crippen LogP) is 1.50. The van der Waals surface area contributed by atoms with Crippen LogP contribution in [0.15, 0.2) is 35.4 Å². The van der Waals surface area contributed by atoms with Crippen molar-refractivity contribution in [2.45, 2.75) is 23.8 Å². The second-order valence-corrected chi connectivity index (χ2v) is 8.63. The molecule has 25 heavy (non-hydrogen) atoms. The molecule has 0 spiro atoms. The van der Waals surface area contributed by atoms with Crippen molar-refractivity contribution >= 4 is 26.6 Å². The molecule has 2 heterocycles.